The average molecular weight is 249 g/mol. The van der Waals surface area contributed by atoms with Crippen molar-refractivity contribution in [1.82, 2.24) is 0 Å². The smallest absolute Gasteiger partial charge is 0.416 e. The first-order chi connectivity index (χ1) is 7.77. The Morgan fingerprint density at radius 1 is 1.47 bits per heavy atom. The number of carbonyl (C=O) groups excluding carboxylic acids is 1. The lowest BCUT2D eigenvalue weighted by Gasteiger charge is -2.14. The molecule has 0 saturated carbocycles. The van der Waals surface area contributed by atoms with Crippen LogP contribution in [-0.2, 0) is 15.7 Å². The van der Waals surface area contributed by atoms with E-state index in [1.807, 2.05) is 0 Å². The van der Waals surface area contributed by atoms with E-state index in [0.717, 1.165) is 13.2 Å². The largest absolute Gasteiger partial charge is 0.508 e. The molecule has 0 aliphatic heterocycles. The van der Waals surface area contributed by atoms with Crippen molar-refractivity contribution in [3.63, 3.8) is 0 Å². The monoisotopic (exact) mass is 249 g/mol. The van der Waals surface area contributed by atoms with Crippen LogP contribution in [0.5, 0.6) is 5.75 Å². The molecule has 1 aromatic carbocycles. The number of hydrogen-bond acceptors (Lipinski definition) is 4. The quantitative estimate of drug-likeness (QED) is 0.780. The summed E-state index contributed by atoms with van der Waals surface area (Å²) in [4.78, 5) is 11.1. The maximum absolute atomic E-state index is 12.4. The summed E-state index contributed by atoms with van der Waals surface area (Å²) in [5.74, 6) is -1.42. The van der Waals surface area contributed by atoms with Crippen LogP contribution in [0.3, 0.4) is 0 Å². The van der Waals surface area contributed by atoms with Gasteiger partial charge in [-0.1, -0.05) is 0 Å². The van der Waals surface area contributed by atoms with Gasteiger partial charge in [0.2, 0.25) is 0 Å². The number of rotatable bonds is 2. The summed E-state index contributed by atoms with van der Waals surface area (Å²) < 4.78 is 41.5. The van der Waals surface area contributed by atoms with Gasteiger partial charge in [0, 0.05) is 5.56 Å². The molecule has 0 radical (unpaired) electrons. The molecule has 0 unspecified atom stereocenters. The van der Waals surface area contributed by atoms with Crippen LogP contribution >= 0.6 is 0 Å². The van der Waals surface area contributed by atoms with Crippen molar-refractivity contribution in [2.24, 2.45) is 5.73 Å². The third-order valence-corrected chi connectivity index (χ3v) is 2.15. The number of esters is 1. The molecule has 0 saturated heterocycles. The van der Waals surface area contributed by atoms with Gasteiger partial charge in [0.25, 0.3) is 0 Å². The van der Waals surface area contributed by atoms with Gasteiger partial charge in [0.15, 0.2) is 0 Å². The summed E-state index contributed by atoms with van der Waals surface area (Å²) in [6.45, 7) is 0. The maximum atomic E-state index is 12.4. The molecule has 0 spiro atoms. The maximum Gasteiger partial charge on any atom is 0.416 e. The molecule has 17 heavy (non-hydrogen) atoms. The number of benzene rings is 1. The molecule has 7 heteroatoms. The minimum Gasteiger partial charge on any atom is -0.508 e. The van der Waals surface area contributed by atoms with Crippen LogP contribution in [0.15, 0.2) is 18.2 Å². The number of ether oxygens (including phenoxy) is 1. The fraction of sp³-hybridized carbons (Fsp3) is 0.300. The summed E-state index contributed by atoms with van der Waals surface area (Å²) >= 11 is 0. The number of halogens is 3. The molecular formula is C10H10F3NO3. The third-order valence-electron chi connectivity index (χ3n) is 2.15. The van der Waals surface area contributed by atoms with E-state index in [1.54, 1.807) is 0 Å². The molecule has 0 fully saturated rings. The number of carbonyl (C=O) groups is 1. The number of methoxy groups -OCH3 is 1. The number of nitrogens with two attached hydrogens (primary N) is 1. The van der Waals surface area contributed by atoms with E-state index < -0.39 is 29.5 Å². The molecule has 4 nitrogen and oxygen atoms in total. The minimum atomic E-state index is -4.57. The molecule has 0 aromatic heterocycles. The average Bonchev–Trinajstić information content (AvgIpc) is 2.26. The highest BCUT2D eigenvalue weighted by atomic mass is 19.4. The van der Waals surface area contributed by atoms with E-state index in [-0.39, 0.29) is 5.56 Å². The zero-order chi connectivity index (χ0) is 13.2. The second-order valence-electron chi connectivity index (χ2n) is 3.27. The molecule has 0 amide bonds. The Kier molecular flexibility index (Phi) is 3.62. The highest BCUT2D eigenvalue weighted by Crippen LogP contribution is 2.34. The van der Waals surface area contributed by atoms with E-state index >= 15 is 0 Å². The molecule has 1 aromatic rings. The van der Waals surface area contributed by atoms with Crippen molar-refractivity contribution >= 4 is 5.97 Å². The number of hydrogen-bond donors (Lipinski definition) is 2. The van der Waals surface area contributed by atoms with Crippen LogP contribution < -0.4 is 5.73 Å². The summed E-state index contributed by atoms with van der Waals surface area (Å²) in [6, 6.07) is 0.697. The van der Waals surface area contributed by atoms with Crippen LogP contribution in [0.4, 0.5) is 13.2 Å². The molecule has 0 heterocycles. The van der Waals surface area contributed by atoms with Gasteiger partial charge in [-0.15, -0.1) is 0 Å². The van der Waals surface area contributed by atoms with Gasteiger partial charge in [-0.05, 0) is 18.2 Å². The fourth-order valence-electron chi connectivity index (χ4n) is 1.23. The number of phenols is 1. The highest BCUT2D eigenvalue weighted by molar-refractivity contribution is 5.78. The molecular weight excluding hydrogens is 239 g/mol. The standard InChI is InChI=1S/C10H10F3NO3/c1-17-9(16)8(14)6-4-5(10(11,12)13)2-3-7(6)15/h2-4,8,15H,14H2,1H3/t8-/m0/s1. The van der Waals surface area contributed by atoms with Gasteiger partial charge in [0.05, 0.1) is 12.7 Å². The van der Waals surface area contributed by atoms with Crippen molar-refractivity contribution in [2.75, 3.05) is 7.11 Å². The Morgan fingerprint density at radius 2 is 2.06 bits per heavy atom. The van der Waals surface area contributed by atoms with Crippen molar-refractivity contribution in [2.45, 2.75) is 12.2 Å². The van der Waals surface area contributed by atoms with Gasteiger partial charge in [-0.3, -0.25) is 4.79 Å². The van der Waals surface area contributed by atoms with Crippen molar-refractivity contribution in [3.8, 4) is 5.75 Å². The molecule has 1 rings (SSSR count). The van der Waals surface area contributed by atoms with Crippen LogP contribution in [0.25, 0.3) is 0 Å². The lowest BCUT2D eigenvalue weighted by molar-refractivity contribution is -0.143. The number of aromatic hydroxyl groups is 1. The topological polar surface area (TPSA) is 72.5 Å². The van der Waals surface area contributed by atoms with E-state index in [1.165, 1.54) is 0 Å². The van der Waals surface area contributed by atoms with E-state index in [0.29, 0.717) is 12.1 Å². The first-order valence-electron chi connectivity index (χ1n) is 4.51. The summed E-state index contributed by atoms with van der Waals surface area (Å²) in [5.41, 5.74) is 4.04. The van der Waals surface area contributed by atoms with Gasteiger partial charge < -0.3 is 15.6 Å². The zero-order valence-corrected chi connectivity index (χ0v) is 8.78. The van der Waals surface area contributed by atoms with Crippen LogP contribution in [0, 0.1) is 0 Å². The molecule has 0 bridgehead atoms. The van der Waals surface area contributed by atoms with E-state index in [9.17, 15) is 23.1 Å². The van der Waals surface area contributed by atoms with E-state index in [4.69, 9.17) is 5.73 Å². The van der Waals surface area contributed by atoms with Crippen molar-refractivity contribution in [1.29, 1.82) is 0 Å². The Hall–Kier alpha value is -1.76. The molecule has 94 valence electrons. The number of alkyl halides is 3. The van der Waals surface area contributed by atoms with Crippen LogP contribution in [0.2, 0.25) is 0 Å². The Balaban J connectivity index is 3.20. The van der Waals surface area contributed by atoms with Gasteiger partial charge in [0.1, 0.15) is 11.8 Å². The molecule has 0 aliphatic carbocycles. The predicted octanol–water partition coefficient (Wildman–Crippen LogP) is 1.58. The SMILES string of the molecule is COC(=O)[C@@H](N)c1cc(C(F)(F)F)ccc1O. The summed E-state index contributed by atoms with van der Waals surface area (Å²) in [7, 11) is 1.05. The first-order valence-corrected chi connectivity index (χ1v) is 4.51. The lowest BCUT2D eigenvalue weighted by Crippen LogP contribution is -2.23. The predicted molar refractivity (Wildman–Crippen MR) is 52.1 cm³/mol. The summed E-state index contributed by atoms with van der Waals surface area (Å²) in [5, 5.41) is 9.36. The van der Waals surface area contributed by atoms with Gasteiger partial charge in [-0.2, -0.15) is 13.2 Å². The first kappa shape index (κ1) is 13.3. The highest BCUT2D eigenvalue weighted by Gasteiger charge is 2.32. The third kappa shape index (κ3) is 2.88. The van der Waals surface area contributed by atoms with Crippen molar-refractivity contribution in [3.05, 3.63) is 29.3 Å². The van der Waals surface area contributed by atoms with E-state index in [2.05, 4.69) is 4.74 Å². The second-order valence-corrected chi connectivity index (χ2v) is 3.27. The second kappa shape index (κ2) is 4.62. The minimum absolute atomic E-state index is 0.327. The van der Waals surface area contributed by atoms with Crippen molar-refractivity contribution < 1.29 is 27.8 Å². The lowest BCUT2D eigenvalue weighted by atomic mass is 10.0. The van der Waals surface area contributed by atoms with Gasteiger partial charge in [-0.25, -0.2) is 0 Å². The Bertz CT molecular complexity index is 431. The molecule has 1 atom stereocenters. The zero-order valence-electron chi connectivity index (χ0n) is 8.78. The molecule has 0 aliphatic rings. The normalized spacial score (nSPS) is 13.2. The number of phenolic OH excluding ortho intramolecular Hbond substituents is 1. The fourth-order valence-corrected chi connectivity index (χ4v) is 1.23. The summed E-state index contributed by atoms with van der Waals surface area (Å²) in [6.07, 6.45) is -4.57. The molecule has 3 N–H and O–H groups in total. The Morgan fingerprint density at radius 3 is 2.53 bits per heavy atom. The Labute approximate surface area is 94.8 Å². The van der Waals surface area contributed by atoms with Gasteiger partial charge >= 0.3 is 12.1 Å². The van der Waals surface area contributed by atoms with Crippen LogP contribution in [-0.4, -0.2) is 18.2 Å². The van der Waals surface area contributed by atoms with Crippen LogP contribution in [0.1, 0.15) is 17.2 Å².